The number of aromatic nitrogens is 2. The van der Waals surface area contributed by atoms with Gasteiger partial charge in [-0.15, -0.1) is 0 Å². The van der Waals surface area contributed by atoms with Crippen molar-refractivity contribution in [3.63, 3.8) is 0 Å². The highest BCUT2D eigenvalue weighted by Crippen LogP contribution is 2.19. The lowest BCUT2D eigenvalue weighted by Gasteiger charge is -2.08. The summed E-state index contributed by atoms with van der Waals surface area (Å²) < 4.78 is 2.03. The first-order chi connectivity index (χ1) is 9.28. The van der Waals surface area contributed by atoms with Crippen molar-refractivity contribution < 1.29 is 0 Å². The van der Waals surface area contributed by atoms with Crippen LogP contribution >= 0.6 is 11.3 Å². The van der Waals surface area contributed by atoms with E-state index in [0.29, 0.717) is 11.7 Å². The second kappa shape index (κ2) is 4.83. The number of anilines is 1. The van der Waals surface area contributed by atoms with Gasteiger partial charge in [-0.1, -0.05) is 23.5 Å². The third kappa shape index (κ3) is 2.23. The Kier molecular flexibility index (Phi) is 3.02. The van der Waals surface area contributed by atoms with Crippen LogP contribution in [0.4, 0.5) is 5.13 Å². The number of benzene rings is 1. The first kappa shape index (κ1) is 11.9. The van der Waals surface area contributed by atoms with Gasteiger partial charge in [0.05, 0.1) is 12.1 Å². The van der Waals surface area contributed by atoms with Gasteiger partial charge in [0.1, 0.15) is 0 Å². The molecule has 0 atom stereocenters. The minimum Gasteiger partial charge on any atom is -0.342 e. The summed E-state index contributed by atoms with van der Waals surface area (Å²) >= 11 is 1.49. The normalized spacial score (nSPS) is 10.8. The summed E-state index contributed by atoms with van der Waals surface area (Å²) in [6, 6.07) is 9.17. The number of fused-ring (bicyclic) bond motifs is 1. The fourth-order valence-electron chi connectivity index (χ4n) is 2.01. The second-order valence-corrected chi connectivity index (χ2v) is 5.22. The van der Waals surface area contributed by atoms with Gasteiger partial charge in [-0.3, -0.25) is 10.2 Å². The third-order valence-corrected chi connectivity index (χ3v) is 3.80. The summed E-state index contributed by atoms with van der Waals surface area (Å²) in [5.41, 5.74) is 3.49. The predicted octanol–water partition coefficient (Wildman–Crippen LogP) is 1.79. The van der Waals surface area contributed by atoms with Crippen LogP contribution in [0.15, 0.2) is 47.5 Å². The Hall–Kier alpha value is -2.18. The van der Waals surface area contributed by atoms with Gasteiger partial charge in [0.15, 0.2) is 10.6 Å². The maximum absolute atomic E-state index is 11.8. The van der Waals surface area contributed by atoms with Crippen LogP contribution in [0.3, 0.4) is 0 Å². The largest absolute Gasteiger partial charge is 0.342 e. The van der Waals surface area contributed by atoms with Crippen molar-refractivity contribution in [3.8, 4) is 0 Å². The summed E-state index contributed by atoms with van der Waals surface area (Å²) in [6.07, 6.45) is 3.59. The average molecular weight is 272 g/mol. The topological polar surface area (TPSA) is 72.9 Å². The summed E-state index contributed by atoms with van der Waals surface area (Å²) in [5, 5.41) is 1.41. The van der Waals surface area contributed by atoms with Gasteiger partial charge in [-0.25, -0.2) is 10.8 Å². The summed E-state index contributed by atoms with van der Waals surface area (Å²) in [6.45, 7) is 0.667. The number of nitrogen functional groups attached to an aromatic ring is 1. The number of rotatable bonds is 3. The van der Waals surface area contributed by atoms with Gasteiger partial charge < -0.3 is 4.57 Å². The van der Waals surface area contributed by atoms with E-state index >= 15 is 0 Å². The number of para-hydroxylation sites is 1. The minimum absolute atomic E-state index is 0.0421. The van der Waals surface area contributed by atoms with E-state index in [1.807, 2.05) is 28.8 Å². The third-order valence-electron chi connectivity index (χ3n) is 2.89. The van der Waals surface area contributed by atoms with E-state index in [-0.39, 0.29) is 5.43 Å². The van der Waals surface area contributed by atoms with Crippen molar-refractivity contribution in [2.24, 2.45) is 5.84 Å². The van der Waals surface area contributed by atoms with Crippen LogP contribution in [0.2, 0.25) is 0 Å². The van der Waals surface area contributed by atoms with Crippen molar-refractivity contribution in [2.75, 3.05) is 5.43 Å². The van der Waals surface area contributed by atoms with Gasteiger partial charge in [-0.2, -0.15) is 0 Å². The van der Waals surface area contributed by atoms with E-state index in [4.69, 9.17) is 5.84 Å². The van der Waals surface area contributed by atoms with Gasteiger partial charge in [0.25, 0.3) is 0 Å². The molecule has 0 amide bonds. The Morgan fingerprint density at radius 1 is 1.32 bits per heavy atom. The molecule has 0 aliphatic rings. The monoisotopic (exact) mass is 272 g/mol. The van der Waals surface area contributed by atoms with Crippen LogP contribution < -0.4 is 16.7 Å². The molecule has 19 heavy (non-hydrogen) atoms. The van der Waals surface area contributed by atoms with Crippen LogP contribution in [0.25, 0.3) is 10.9 Å². The zero-order valence-corrected chi connectivity index (χ0v) is 10.9. The number of hydrogen-bond acceptors (Lipinski definition) is 5. The SMILES string of the molecule is NNc1ncc(Cn2ccc(=O)c3ccccc32)s1. The molecule has 0 spiro atoms. The maximum atomic E-state index is 11.8. The molecule has 0 radical (unpaired) electrons. The van der Waals surface area contributed by atoms with E-state index < -0.39 is 0 Å². The molecule has 6 heteroatoms. The Labute approximate surface area is 113 Å². The number of pyridine rings is 1. The Morgan fingerprint density at radius 3 is 2.95 bits per heavy atom. The zero-order chi connectivity index (χ0) is 13.2. The van der Waals surface area contributed by atoms with E-state index in [9.17, 15) is 4.79 Å². The number of thiazole rings is 1. The van der Waals surface area contributed by atoms with Crippen LogP contribution in [0.1, 0.15) is 4.88 Å². The molecule has 0 saturated carbocycles. The molecule has 96 valence electrons. The average Bonchev–Trinajstić information content (AvgIpc) is 2.90. The zero-order valence-electron chi connectivity index (χ0n) is 10.0. The number of nitrogens with one attached hydrogen (secondary N) is 1. The maximum Gasteiger partial charge on any atom is 0.197 e. The van der Waals surface area contributed by atoms with Crippen molar-refractivity contribution >= 4 is 27.4 Å². The molecule has 0 saturated heterocycles. The Balaban J connectivity index is 2.06. The molecule has 0 unspecified atom stereocenters. The highest BCUT2D eigenvalue weighted by Gasteiger charge is 2.05. The van der Waals surface area contributed by atoms with E-state index in [1.165, 1.54) is 11.3 Å². The molecule has 0 aliphatic heterocycles. The summed E-state index contributed by atoms with van der Waals surface area (Å²) in [4.78, 5) is 17.0. The smallest absolute Gasteiger partial charge is 0.197 e. The standard InChI is InChI=1S/C13H12N4OS/c14-16-13-15-7-9(19-13)8-17-6-5-12(18)10-3-1-2-4-11(10)17/h1-7H,8,14H2,(H,15,16). The molecule has 0 aliphatic carbocycles. The molecule has 3 N–H and O–H groups in total. The molecule has 2 aromatic heterocycles. The highest BCUT2D eigenvalue weighted by molar-refractivity contribution is 7.15. The quantitative estimate of drug-likeness (QED) is 0.563. The molecule has 2 heterocycles. The molecular formula is C13H12N4OS. The molecule has 3 aromatic rings. The van der Waals surface area contributed by atoms with Crippen LogP contribution in [-0.4, -0.2) is 9.55 Å². The first-order valence-electron chi connectivity index (χ1n) is 5.77. The van der Waals surface area contributed by atoms with Crippen molar-refractivity contribution in [3.05, 3.63) is 57.8 Å². The van der Waals surface area contributed by atoms with Gasteiger partial charge in [0, 0.05) is 28.7 Å². The lowest BCUT2D eigenvalue weighted by molar-refractivity contribution is 0.837. The van der Waals surface area contributed by atoms with Crippen molar-refractivity contribution in [1.29, 1.82) is 0 Å². The highest BCUT2D eigenvalue weighted by atomic mass is 32.1. The molecule has 5 nitrogen and oxygen atoms in total. The molecule has 0 fully saturated rings. The van der Waals surface area contributed by atoms with Crippen LogP contribution in [0.5, 0.6) is 0 Å². The van der Waals surface area contributed by atoms with Gasteiger partial charge >= 0.3 is 0 Å². The van der Waals surface area contributed by atoms with E-state index in [0.717, 1.165) is 15.8 Å². The molecule has 0 bridgehead atoms. The fraction of sp³-hybridized carbons (Fsp3) is 0.0769. The van der Waals surface area contributed by atoms with Crippen molar-refractivity contribution in [1.82, 2.24) is 9.55 Å². The second-order valence-electron chi connectivity index (χ2n) is 4.10. The molecular weight excluding hydrogens is 260 g/mol. The lowest BCUT2D eigenvalue weighted by Crippen LogP contribution is -2.08. The predicted molar refractivity (Wildman–Crippen MR) is 77.2 cm³/mol. The Morgan fingerprint density at radius 2 is 2.16 bits per heavy atom. The summed E-state index contributed by atoms with van der Waals surface area (Å²) in [5.74, 6) is 5.32. The number of nitrogens with two attached hydrogens (primary N) is 1. The minimum atomic E-state index is 0.0421. The number of hydrogen-bond donors (Lipinski definition) is 2. The van der Waals surface area contributed by atoms with Gasteiger partial charge in [0.2, 0.25) is 0 Å². The van der Waals surface area contributed by atoms with Crippen LogP contribution in [0, 0.1) is 0 Å². The first-order valence-corrected chi connectivity index (χ1v) is 6.59. The number of nitrogens with zero attached hydrogens (tertiary/aromatic N) is 2. The van der Waals surface area contributed by atoms with E-state index in [2.05, 4.69) is 10.4 Å². The molecule has 1 aromatic carbocycles. The van der Waals surface area contributed by atoms with Crippen molar-refractivity contribution in [2.45, 2.75) is 6.54 Å². The summed E-state index contributed by atoms with van der Waals surface area (Å²) in [7, 11) is 0. The van der Waals surface area contributed by atoms with E-state index in [1.54, 1.807) is 18.5 Å². The lowest BCUT2D eigenvalue weighted by atomic mass is 10.2. The fourth-order valence-corrected chi connectivity index (χ4v) is 2.74. The van der Waals surface area contributed by atoms with Gasteiger partial charge in [-0.05, 0) is 12.1 Å². The number of hydrazine groups is 1. The molecule has 3 rings (SSSR count). The van der Waals surface area contributed by atoms with Crippen LogP contribution in [-0.2, 0) is 6.54 Å². The Bertz CT molecular complexity index is 777.